The van der Waals surface area contributed by atoms with Crippen LogP contribution in [0.25, 0.3) is 11.1 Å². The van der Waals surface area contributed by atoms with Crippen LogP contribution in [0.2, 0.25) is 0 Å². The fourth-order valence-electron chi connectivity index (χ4n) is 2.53. The average molecular weight is 251 g/mol. The molecule has 1 radical (unpaired) electrons. The Hall–Kier alpha value is -1.64. The van der Waals surface area contributed by atoms with Crippen molar-refractivity contribution in [2.75, 3.05) is 26.2 Å². The maximum atomic E-state index is 3.39. The molecule has 1 N–H and O–H groups in total. The highest BCUT2D eigenvalue weighted by Gasteiger charge is 2.10. The predicted molar refractivity (Wildman–Crippen MR) is 78.9 cm³/mol. The number of rotatable bonds is 3. The fourth-order valence-corrected chi connectivity index (χ4v) is 2.53. The van der Waals surface area contributed by atoms with Crippen molar-refractivity contribution in [2.45, 2.75) is 6.54 Å². The highest BCUT2D eigenvalue weighted by molar-refractivity contribution is 5.63. The van der Waals surface area contributed by atoms with Gasteiger partial charge in [-0.15, -0.1) is 0 Å². The molecular formula is C17H19N2. The van der Waals surface area contributed by atoms with Crippen LogP contribution in [0.1, 0.15) is 5.56 Å². The van der Waals surface area contributed by atoms with Gasteiger partial charge < -0.3 is 5.32 Å². The van der Waals surface area contributed by atoms with Crippen molar-refractivity contribution in [3.05, 3.63) is 60.2 Å². The van der Waals surface area contributed by atoms with Gasteiger partial charge in [-0.3, -0.25) is 4.90 Å². The molecule has 97 valence electrons. The summed E-state index contributed by atoms with van der Waals surface area (Å²) in [5, 5.41) is 3.39. The summed E-state index contributed by atoms with van der Waals surface area (Å²) in [6, 6.07) is 20.3. The van der Waals surface area contributed by atoms with E-state index < -0.39 is 0 Å². The molecule has 2 heteroatoms. The van der Waals surface area contributed by atoms with Gasteiger partial charge in [0.1, 0.15) is 0 Å². The van der Waals surface area contributed by atoms with Crippen molar-refractivity contribution in [3.8, 4) is 11.1 Å². The zero-order valence-corrected chi connectivity index (χ0v) is 11.1. The van der Waals surface area contributed by atoms with E-state index in [2.05, 4.69) is 58.7 Å². The number of hydrogen-bond acceptors (Lipinski definition) is 2. The molecule has 0 unspecified atom stereocenters. The second-order valence-electron chi connectivity index (χ2n) is 4.99. The number of benzene rings is 2. The summed E-state index contributed by atoms with van der Waals surface area (Å²) in [5.74, 6) is 0. The van der Waals surface area contributed by atoms with E-state index in [0.29, 0.717) is 0 Å². The third-order valence-electron chi connectivity index (χ3n) is 3.57. The van der Waals surface area contributed by atoms with Gasteiger partial charge in [0.2, 0.25) is 0 Å². The van der Waals surface area contributed by atoms with Gasteiger partial charge in [-0.1, -0.05) is 42.5 Å². The zero-order valence-electron chi connectivity index (χ0n) is 11.1. The lowest BCUT2D eigenvalue weighted by atomic mass is 10.0. The maximum absolute atomic E-state index is 3.39. The molecule has 1 saturated heterocycles. The zero-order chi connectivity index (χ0) is 12.9. The second kappa shape index (κ2) is 6.00. The Bertz CT molecular complexity index is 516. The molecule has 2 aromatic carbocycles. The molecule has 19 heavy (non-hydrogen) atoms. The van der Waals surface area contributed by atoms with Crippen molar-refractivity contribution in [3.63, 3.8) is 0 Å². The Morgan fingerprint density at radius 1 is 1.00 bits per heavy atom. The first-order valence-electron chi connectivity index (χ1n) is 6.91. The molecule has 0 aliphatic carbocycles. The van der Waals surface area contributed by atoms with Crippen LogP contribution in [0.15, 0.2) is 48.5 Å². The summed E-state index contributed by atoms with van der Waals surface area (Å²) in [6.45, 7) is 5.45. The van der Waals surface area contributed by atoms with Crippen LogP contribution in [0.4, 0.5) is 0 Å². The fraction of sp³-hybridized carbons (Fsp3) is 0.294. The summed E-state index contributed by atoms with van der Waals surface area (Å²) >= 11 is 0. The predicted octanol–water partition coefficient (Wildman–Crippen LogP) is 2.56. The molecule has 0 spiro atoms. The summed E-state index contributed by atoms with van der Waals surface area (Å²) in [6.07, 6.45) is 0. The van der Waals surface area contributed by atoms with E-state index in [0.717, 1.165) is 32.7 Å². The van der Waals surface area contributed by atoms with Gasteiger partial charge in [-0.05, 0) is 28.8 Å². The van der Waals surface area contributed by atoms with E-state index >= 15 is 0 Å². The van der Waals surface area contributed by atoms with Crippen molar-refractivity contribution >= 4 is 0 Å². The minimum absolute atomic E-state index is 1.00. The third-order valence-corrected chi connectivity index (χ3v) is 3.57. The first-order chi connectivity index (χ1) is 9.42. The standard InChI is InChI=1S/C17H19N2/c1-2-6-16(7-3-1)17-8-4-5-15(13-17)14-19-11-9-18-10-12-19/h1-4,6-8,13,18H,9-12,14H2. The summed E-state index contributed by atoms with van der Waals surface area (Å²) in [5.41, 5.74) is 3.84. The lowest BCUT2D eigenvalue weighted by Gasteiger charge is -2.27. The Balaban J connectivity index is 1.76. The Morgan fingerprint density at radius 3 is 2.58 bits per heavy atom. The Morgan fingerprint density at radius 2 is 1.79 bits per heavy atom. The van der Waals surface area contributed by atoms with Crippen molar-refractivity contribution in [2.24, 2.45) is 0 Å². The maximum Gasteiger partial charge on any atom is 0.0241 e. The Kier molecular flexibility index (Phi) is 3.92. The van der Waals surface area contributed by atoms with Gasteiger partial charge in [0, 0.05) is 32.7 Å². The minimum Gasteiger partial charge on any atom is -0.314 e. The van der Waals surface area contributed by atoms with Crippen LogP contribution in [0.5, 0.6) is 0 Å². The normalized spacial score (nSPS) is 16.4. The van der Waals surface area contributed by atoms with Gasteiger partial charge in [-0.25, -0.2) is 0 Å². The lowest BCUT2D eigenvalue weighted by Crippen LogP contribution is -2.42. The van der Waals surface area contributed by atoms with Crippen molar-refractivity contribution < 1.29 is 0 Å². The summed E-state index contributed by atoms with van der Waals surface area (Å²) < 4.78 is 0. The molecule has 0 aromatic heterocycles. The first-order valence-corrected chi connectivity index (χ1v) is 6.91. The minimum atomic E-state index is 1.00. The smallest absolute Gasteiger partial charge is 0.0241 e. The molecule has 1 fully saturated rings. The van der Waals surface area contributed by atoms with Crippen LogP contribution < -0.4 is 5.32 Å². The molecular weight excluding hydrogens is 232 g/mol. The molecule has 0 amide bonds. The Labute approximate surface area is 115 Å². The molecule has 3 rings (SSSR count). The second-order valence-corrected chi connectivity index (χ2v) is 4.99. The van der Waals surface area contributed by atoms with E-state index in [9.17, 15) is 0 Å². The van der Waals surface area contributed by atoms with Gasteiger partial charge in [0.05, 0.1) is 0 Å². The SMILES string of the molecule is [c]1ccc(-c2ccccc2)cc1CN1CCNCC1. The molecule has 1 heterocycles. The van der Waals surface area contributed by atoms with Gasteiger partial charge in [0.15, 0.2) is 0 Å². The molecule has 2 nitrogen and oxygen atoms in total. The van der Waals surface area contributed by atoms with E-state index in [-0.39, 0.29) is 0 Å². The van der Waals surface area contributed by atoms with Gasteiger partial charge >= 0.3 is 0 Å². The first kappa shape index (κ1) is 12.4. The van der Waals surface area contributed by atoms with E-state index in [1.54, 1.807) is 0 Å². The lowest BCUT2D eigenvalue weighted by molar-refractivity contribution is 0.233. The van der Waals surface area contributed by atoms with E-state index in [1.165, 1.54) is 16.7 Å². The molecule has 2 aromatic rings. The summed E-state index contributed by atoms with van der Waals surface area (Å²) in [4.78, 5) is 2.48. The van der Waals surface area contributed by atoms with Crippen molar-refractivity contribution in [1.29, 1.82) is 0 Å². The van der Waals surface area contributed by atoms with Crippen LogP contribution >= 0.6 is 0 Å². The van der Waals surface area contributed by atoms with Crippen LogP contribution in [0.3, 0.4) is 0 Å². The highest BCUT2D eigenvalue weighted by atomic mass is 15.2. The quantitative estimate of drug-likeness (QED) is 0.902. The van der Waals surface area contributed by atoms with E-state index in [4.69, 9.17) is 0 Å². The number of nitrogens with one attached hydrogen (secondary N) is 1. The molecule has 0 atom stereocenters. The number of hydrogen-bond donors (Lipinski definition) is 1. The van der Waals surface area contributed by atoms with E-state index in [1.807, 2.05) is 6.07 Å². The number of piperazine rings is 1. The van der Waals surface area contributed by atoms with Gasteiger partial charge in [-0.2, -0.15) is 0 Å². The largest absolute Gasteiger partial charge is 0.314 e. The molecule has 0 saturated carbocycles. The average Bonchev–Trinajstić information content (AvgIpc) is 2.49. The molecule has 0 bridgehead atoms. The molecule has 1 aliphatic rings. The van der Waals surface area contributed by atoms with Crippen LogP contribution in [-0.2, 0) is 6.54 Å². The summed E-state index contributed by atoms with van der Waals surface area (Å²) in [7, 11) is 0. The van der Waals surface area contributed by atoms with Crippen molar-refractivity contribution in [1.82, 2.24) is 10.2 Å². The topological polar surface area (TPSA) is 15.3 Å². The highest BCUT2D eigenvalue weighted by Crippen LogP contribution is 2.20. The van der Waals surface area contributed by atoms with Crippen LogP contribution in [0, 0.1) is 6.07 Å². The third kappa shape index (κ3) is 3.22. The number of nitrogens with zero attached hydrogens (tertiary/aromatic N) is 1. The molecule has 1 aliphatic heterocycles. The van der Waals surface area contributed by atoms with Crippen LogP contribution in [-0.4, -0.2) is 31.1 Å². The van der Waals surface area contributed by atoms with Gasteiger partial charge in [0.25, 0.3) is 0 Å². The monoisotopic (exact) mass is 251 g/mol.